The SMILES string of the molecule is CCC(C)n1c(=S)[nH]c(=O)c2c(C(F)F)cc(-c3cccs3)nc21. The van der Waals surface area contributed by atoms with Gasteiger partial charge in [-0.25, -0.2) is 13.8 Å². The molecule has 0 radical (unpaired) electrons. The van der Waals surface area contributed by atoms with Crippen LogP contribution in [0, 0.1) is 4.77 Å². The van der Waals surface area contributed by atoms with Crippen molar-refractivity contribution >= 4 is 34.6 Å². The zero-order valence-electron chi connectivity index (χ0n) is 13.0. The average Bonchev–Trinajstić information content (AvgIpc) is 3.07. The van der Waals surface area contributed by atoms with Gasteiger partial charge in [0.25, 0.3) is 12.0 Å². The molecule has 0 aliphatic rings. The minimum atomic E-state index is -2.78. The van der Waals surface area contributed by atoms with Gasteiger partial charge in [-0.05, 0) is 43.1 Å². The Balaban J connectivity index is 2.49. The van der Waals surface area contributed by atoms with Gasteiger partial charge in [0.05, 0.1) is 16.0 Å². The molecule has 3 rings (SSSR count). The first-order valence-electron chi connectivity index (χ1n) is 7.45. The molecule has 1 unspecified atom stereocenters. The van der Waals surface area contributed by atoms with E-state index in [2.05, 4.69) is 9.97 Å². The van der Waals surface area contributed by atoms with Gasteiger partial charge in [0, 0.05) is 11.6 Å². The van der Waals surface area contributed by atoms with Crippen molar-refractivity contribution in [1.82, 2.24) is 14.5 Å². The number of rotatable bonds is 4. The maximum atomic E-state index is 13.6. The van der Waals surface area contributed by atoms with Crippen LogP contribution in [0.25, 0.3) is 21.6 Å². The van der Waals surface area contributed by atoms with Crippen molar-refractivity contribution in [3.63, 3.8) is 0 Å². The van der Waals surface area contributed by atoms with E-state index >= 15 is 0 Å². The van der Waals surface area contributed by atoms with Gasteiger partial charge >= 0.3 is 0 Å². The number of alkyl halides is 2. The second kappa shape index (κ2) is 6.52. The minimum absolute atomic E-state index is 0.0755. The molecule has 3 aromatic rings. The molecule has 0 aromatic carbocycles. The van der Waals surface area contributed by atoms with E-state index in [9.17, 15) is 13.6 Å². The number of H-pyrrole nitrogens is 1. The first-order valence-corrected chi connectivity index (χ1v) is 8.74. The number of fused-ring (bicyclic) bond motifs is 1. The van der Waals surface area contributed by atoms with Crippen LogP contribution in [0.1, 0.15) is 38.3 Å². The third kappa shape index (κ3) is 2.80. The number of nitrogens with zero attached hydrogens (tertiary/aromatic N) is 2. The minimum Gasteiger partial charge on any atom is -0.300 e. The number of thiophene rings is 1. The average molecular weight is 367 g/mol. The molecule has 0 fully saturated rings. The standard InChI is InChI=1S/C16H15F2N3OS2/c1-3-8(2)21-14-12(15(22)20-16(21)23)9(13(17)18)7-10(19-14)11-5-4-6-24-11/h4-8,13H,3H2,1-2H3,(H,20,22,23). The van der Waals surface area contributed by atoms with E-state index in [1.165, 1.54) is 17.4 Å². The van der Waals surface area contributed by atoms with Gasteiger partial charge in [-0.3, -0.25) is 14.3 Å². The van der Waals surface area contributed by atoms with Crippen molar-refractivity contribution in [2.75, 3.05) is 0 Å². The summed E-state index contributed by atoms with van der Waals surface area (Å²) < 4.78 is 29.0. The number of hydrogen-bond donors (Lipinski definition) is 1. The Hall–Kier alpha value is -1.93. The highest BCUT2D eigenvalue weighted by atomic mass is 32.1. The third-order valence-corrected chi connectivity index (χ3v) is 5.16. The Morgan fingerprint density at radius 3 is 2.79 bits per heavy atom. The van der Waals surface area contributed by atoms with Gasteiger partial charge in [-0.1, -0.05) is 13.0 Å². The Bertz CT molecular complexity index is 993. The van der Waals surface area contributed by atoms with Crippen LogP contribution in [0.15, 0.2) is 28.4 Å². The summed E-state index contributed by atoms with van der Waals surface area (Å²) in [4.78, 5) is 20.0. The molecule has 0 amide bonds. The Kier molecular flexibility index (Phi) is 4.60. The van der Waals surface area contributed by atoms with Gasteiger partial charge in [-0.2, -0.15) is 0 Å². The van der Waals surface area contributed by atoms with E-state index < -0.39 is 12.0 Å². The smallest absolute Gasteiger partial charge is 0.264 e. The Labute approximate surface area is 145 Å². The van der Waals surface area contributed by atoms with Crippen LogP contribution in [0.3, 0.4) is 0 Å². The quantitative estimate of drug-likeness (QED) is 0.653. The highest BCUT2D eigenvalue weighted by molar-refractivity contribution is 7.71. The summed E-state index contributed by atoms with van der Waals surface area (Å²) in [6, 6.07) is 4.85. The maximum Gasteiger partial charge on any atom is 0.264 e. The molecule has 1 N–H and O–H groups in total. The Morgan fingerprint density at radius 1 is 1.46 bits per heavy atom. The fourth-order valence-corrected chi connectivity index (χ4v) is 3.63. The molecular weight excluding hydrogens is 352 g/mol. The molecule has 0 saturated carbocycles. The summed E-state index contributed by atoms with van der Waals surface area (Å²) in [5, 5.41) is 1.75. The summed E-state index contributed by atoms with van der Waals surface area (Å²) in [6.07, 6.45) is -2.05. The molecule has 0 aliphatic carbocycles. The topological polar surface area (TPSA) is 50.7 Å². The van der Waals surface area contributed by atoms with Crippen molar-refractivity contribution < 1.29 is 8.78 Å². The van der Waals surface area contributed by atoms with Crippen molar-refractivity contribution in [2.45, 2.75) is 32.7 Å². The van der Waals surface area contributed by atoms with Crippen LogP contribution in [0.5, 0.6) is 0 Å². The van der Waals surface area contributed by atoms with Crippen molar-refractivity contribution in [2.24, 2.45) is 0 Å². The zero-order valence-corrected chi connectivity index (χ0v) is 14.7. The number of pyridine rings is 1. The van der Waals surface area contributed by atoms with E-state index in [-0.39, 0.29) is 27.4 Å². The lowest BCUT2D eigenvalue weighted by atomic mass is 10.1. The monoisotopic (exact) mass is 367 g/mol. The first-order chi connectivity index (χ1) is 11.4. The van der Waals surface area contributed by atoms with Crippen molar-refractivity contribution in [3.05, 3.63) is 44.3 Å². The molecule has 8 heteroatoms. The third-order valence-electron chi connectivity index (χ3n) is 3.97. The van der Waals surface area contributed by atoms with E-state index in [1.807, 2.05) is 31.4 Å². The lowest BCUT2D eigenvalue weighted by Gasteiger charge is -2.18. The highest BCUT2D eigenvalue weighted by Crippen LogP contribution is 2.32. The van der Waals surface area contributed by atoms with Crippen LogP contribution >= 0.6 is 23.6 Å². The van der Waals surface area contributed by atoms with Crippen LogP contribution in [0.2, 0.25) is 0 Å². The first kappa shape index (κ1) is 16.9. The molecule has 4 nitrogen and oxygen atoms in total. The number of aromatic nitrogens is 3. The largest absolute Gasteiger partial charge is 0.300 e. The predicted molar refractivity (Wildman–Crippen MR) is 94.5 cm³/mol. The van der Waals surface area contributed by atoms with E-state index in [4.69, 9.17) is 12.2 Å². The van der Waals surface area contributed by atoms with E-state index in [0.29, 0.717) is 5.69 Å². The van der Waals surface area contributed by atoms with Crippen molar-refractivity contribution in [3.8, 4) is 10.6 Å². The lowest BCUT2D eigenvalue weighted by molar-refractivity contribution is 0.153. The highest BCUT2D eigenvalue weighted by Gasteiger charge is 2.21. The normalized spacial score (nSPS) is 12.9. The van der Waals surface area contributed by atoms with E-state index in [1.54, 1.807) is 4.57 Å². The van der Waals surface area contributed by atoms with Crippen LogP contribution in [0.4, 0.5) is 8.78 Å². The summed E-state index contributed by atoms with van der Waals surface area (Å²) in [6.45, 7) is 3.87. The van der Waals surface area contributed by atoms with Gasteiger partial charge in [0.2, 0.25) is 0 Å². The van der Waals surface area contributed by atoms with Gasteiger partial charge < -0.3 is 0 Å². The number of hydrogen-bond acceptors (Lipinski definition) is 4. The molecule has 3 aromatic heterocycles. The Morgan fingerprint density at radius 2 is 2.21 bits per heavy atom. The fourth-order valence-electron chi connectivity index (χ4n) is 2.59. The van der Waals surface area contributed by atoms with Crippen molar-refractivity contribution in [1.29, 1.82) is 0 Å². The number of aromatic amines is 1. The van der Waals surface area contributed by atoms with Crippen LogP contribution < -0.4 is 5.56 Å². The molecule has 126 valence electrons. The second-order valence-corrected chi connectivity index (χ2v) is 6.79. The summed E-state index contributed by atoms with van der Waals surface area (Å²) in [5.41, 5.74) is -0.323. The summed E-state index contributed by atoms with van der Waals surface area (Å²) in [5.74, 6) is 0. The summed E-state index contributed by atoms with van der Waals surface area (Å²) in [7, 11) is 0. The van der Waals surface area contributed by atoms with Crippen LogP contribution in [-0.4, -0.2) is 14.5 Å². The van der Waals surface area contributed by atoms with Gasteiger partial charge in [-0.15, -0.1) is 11.3 Å². The molecule has 0 aliphatic heterocycles. The maximum absolute atomic E-state index is 13.6. The molecular formula is C16H15F2N3OS2. The molecule has 0 spiro atoms. The molecule has 3 heterocycles. The second-order valence-electron chi connectivity index (χ2n) is 5.46. The zero-order chi connectivity index (χ0) is 17.4. The predicted octanol–water partition coefficient (Wildman–Crippen LogP) is 5.09. The lowest BCUT2D eigenvalue weighted by Crippen LogP contribution is -2.19. The molecule has 24 heavy (non-hydrogen) atoms. The molecule has 1 atom stereocenters. The fraction of sp³-hybridized carbons (Fsp3) is 0.312. The van der Waals surface area contributed by atoms with Gasteiger partial charge in [0.1, 0.15) is 5.65 Å². The van der Waals surface area contributed by atoms with Gasteiger partial charge in [0.15, 0.2) is 4.77 Å². The summed E-state index contributed by atoms with van der Waals surface area (Å²) >= 11 is 6.65. The molecule has 0 bridgehead atoms. The number of halogens is 2. The van der Waals surface area contributed by atoms with E-state index in [0.717, 1.165) is 11.3 Å². The number of nitrogens with one attached hydrogen (secondary N) is 1. The molecule has 0 saturated heterocycles. The van der Waals surface area contributed by atoms with Crippen LogP contribution in [-0.2, 0) is 0 Å².